The van der Waals surface area contributed by atoms with E-state index in [1.165, 1.54) is 37.1 Å². The van der Waals surface area contributed by atoms with E-state index < -0.39 is 0 Å². The molecule has 0 unspecified atom stereocenters. The van der Waals surface area contributed by atoms with E-state index in [1.807, 2.05) is 7.05 Å². The molecule has 1 fully saturated rings. The van der Waals surface area contributed by atoms with Crippen molar-refractivity contribution < 1.29 is 0 Å². The lowest BCUT2D eigenvalue weighted by atomic mass is 9.97. The summed E-state index contributed by atoms with van der Waals surface area (Å²) in [4.78, 5) is 6.72. The molecule has 1 aliphatic rings. The Morgan fingerprint density at radius 1 is 1.23 bits per heavy atom. The zero-order valence-corrected chi connectivity index (χ0v) is 16.3. The van der Waals surface area contributed by atoms with E-state index >= 15 is 0 Å². The first-order chi connectivity index (χ1) is 10.2. The molecule has 124 valence electrons. The number of guanidine groups is 1. The Morgan fingerprint density at radius 3 is 2.55 bits per heavy atom. The van der Waals surface area contributed by atoms with Crippen LogP contribution in [0.1, 0.15) is 24.0 Å². The number of nitrogens with zero attached hydrogens (tertiary/aromatic N) is 2. The summed E-state index contributed by atoms with van der Waals surface area (Å²) in [6, 6.07) is 8.46. The predicted octanol–water partition coefficient (Wildman–Crippen LogP) is 2.62. The zero-order valence-electron chi connectivity index (χ0n) is 13.9. The maximum Gasteiger partial charge on any atom is 0.191 e. The number of piperidine rings is 1. The number of halogens is 1. The van der Waals surface area contributed by atoms with E-state index in [-0.39, 0.29) is 24.0 Å². The molecule has 22 heavy (non-hydrogen) atoms. The Hall–Kier alpha value is -0.820. The summed E-state index contributed by atoms with van der Waals surface area (Å²) in [5.41, 5.74) is 2.63. The molecular formula is C17H29IN4. The van der Waals surface area contributed by atoms with Crippen LogP contribution < -0.4 is 10.6 Å². The van der Waals surface area contributed by atoms with Crippen LogP contribution in [0.15, 0.2) is 29.3 Å². The largest absolute Gasteiger partial charge is 0.356 e. The number of likely N-dealkylation sites (tertiary alicyclic amines) is 1. The normalized spacial score (nSPS) is 17.0. The maximum atomic E-state index is 4.32. The lowest BCUT2D eigenvalue weighted by Gasteiger charge is -2.29. The van der Waals surface area contributed by atoms with Crippen LogP contribution in [0, 0.1) is 12.8 Å². The molecule has 0 spiro atoms. The number of aryl methyl sites for hydroxylation is 1. The Kier molecular flexibility index (Phi) is 8.78. The second-order valence-electron chi connectivity index (χ2n) is 5.98. The molecule has 0 amide bonds. The van der Waals surface area contributed by atoms with Crippen LogP contribution in [0.25, 0.3) is 0 Å². The molecule has 1 aromatic rings. The van der Waals surface area contributed by atoms with Crippen molar-refractivity contribution in [3.05, 3.63) is 35.4 Å². The summed E-state index contributed by atoms with van der Waals surface area (Å²) in [5, 5.41) is 6.87. The second-order valence-corrected chi connectivity index (χ2v) is 5.98. The van der Waals surface area contributed by atoms with Crippen LogP contribution in [0.3, 0.4) is 0 Å². The van der Waals surface area contributed by atoms with Crippen molar-refractivity contribution >= 4 is 29.9 Å². The smallest absolute Gasteiger partial charge is 0.191 e. The first kappa shape index (κ1) is 19.2. The lowest BCUT2D eigenvalue weighted by molar-refractivity contribution is 0.220. The molecule has 2 N–H and O–H groups in total. The van der Waals surface area contributed by atoms with Crippen LogP contribution >= 0.6 is 24.0 Å². The average Bonchev–Trinajstić information content (AvgIpc) is 2.51. The molecule has 1 aromatic carbocycles. The predicted molar refractivity (Wildman–Crippen MR) is 105 cm³/mol. The van der Waals surface area contributed by atoms with Gasteiger partial charge < -0.3 is 15.5 Å². The molecule has 5 heteroatoms. The fraction of sp³-hybridized carbons (Fsp3) is 0.588. The summed E-state index contributed by atoms with van der Waals surface area (Å²) in [6.45, 7) is 6.40. The summed E-state index contributed by atoms with van der Waals surface area (Å²) < 4.78 is 0. The van der Waals surface area contributed by atoms with Crippen molar-refractivity contribution in [1.82, 2.24) is 15.5 Å². The Bertz CT molecular complexity index is 467. The molecule has 0 bridgehead atoms. The van der Waals surface area contributed by atoms with Crippen molar-refractivity contribution in [1.29, 1.82) is 0 Å². The second kappa shape index (κ2) is 10.0. The van der Waals surface area contributed by atoms with Crippen molar-refractivity contribution in [3.63, 3.8) is 0 Å². The fourth-order valence-electron chi connectivity index (χ4n) is 2.72. The minimum absolute atomic E-state index is 0. The Labute approximate surface area is 151 Å². The van der Waals surface area contributed by atoms with Gasteiger partial charge in [0, 0.05) is 20.1 Å². The lowest BCUT2D eigenvalue weighted by Crippen LogP contribution is -2.42. The molecule has 1 aliphatic heterocycles. The molecule has 0 aromatic heterocycles. The van der Waals surface area contributed by atoms with Crippen molar-refractivity contribution in [2.45, 2.75) is 26.3 Å². The number of nitrogens with one attached hydrogen (secondary N) is 2. The SMILES string of the molecule is CN=C(NCc1ccccc1C)NCC1CCN(C)CC1.I. The highest BCUT2D eigenvalue weighted by atomic mass is 127. The number of hydrogen-bond donors (Lipinski definition) is 2. The van der Waals surface area contributed by atoms with Gasteiger partial charge in [0.25, 0.3) is 0 Å². The highest BCUT2D eigenvalue weighted by Gasteiger charge is 2.16. The molecule has 2 rings (SSSR count). The quantitative estimate of drug-likeness (QED) is 0.451. The summed E-state index contributed by atoms with van der Waals surface area (Å²) in [5.74, 6) is 1.66. The van der Waals surface area contributed by atoms with Crippen molar-refractivity contribution in [3.8, 4) is 0 Å². The molecule has 1 saturated heterocycles. The number of hydrogen-bond acceptors (Lipinski definition) is 2. The number of rotatable bonds is 4. The van der Waals surface area contributed by atoms with Gasteiger partial charge in [-0.2, -0.15) is 0 Å². The van der Waals surface area contributed by atoms with E-state index in [0.717, 1.165) is 25.0 Å². The van der Waals surface area contributed by atoms with Gasteiger partial charge in [-0.3, -0.25) is 4.99 Å². The molecular weight excluding hydrogens is 387 g/mol. The van der Waals surface area contributed by atoms with Crippen LogP contribution in [-0.4, -0.2) is 44.6 Å². The van der Waals surface area contributed by atoms with E-state index in [4.69, 9.17) is 0 Å². The third kappa shape index (κ3) is 6.12. The van der Waals surface area contributed by atoms with Crippen molar-refractivity contribution in [2.24, 2.45) is 10.9 Å². The first-order valence-electron chi connectivity index (χ1n) is 7.86. The Morgan fingerprint density at radius 2 is 1.91 bits per heavy atom. The third-order valence-electron chi connectivity index (χ3n) is 4.33. The van der Waals surface area contributed by atoms with Gasteiger partial charge in [0.2, 0.25) is 0 Å². The molecule has 1 heterocycles. The Balaban J connectivity index is 0.00000242. The van der Waals surface area contributed by atoms with Gasteiger partial charge in [-0.1, -0.05) is 24.3 Å². The van der Waals surface area contributed by atoms with E-state index in [0.29, 0.717) is 0 Å². The minimum atomic E-state index is 0. The van der Waals surface area contributed by atoms with Gasteiger partial charge in [0.15, 0.2) is 5.96 Å². The van der Waals surface area contributed by atoms with Crippen LogP contribution in [-0.2, 0) is 6.54 Å². The topological polar surface area (TPSA) is 39.7 Å². The highest BCUT2D eigenvalue weighted by molar-refractivity contribution is 14.0. The fourth-order valence-corrected chi connectivity index (χ4v) is 2.72. The van der Waals surface area contributed by atoms with Gasteiger partial charge in [0.1, 0.15) is 0 Å². The van der Waals surface area contributed by atoms with Crippen molar-refractivity contribution in [2.75, 3.05) is 33.7 Å². The van der Waals surface area contributed by atoms with E-state index in [1.54, 1.807) is 0 Å². The molecule has 0 atom stereocenters. The number of benzene rings is 1. The highest BCUT2D eigenvalue weighted by Crippen LogP contribution is 2.14. The van der Waals surface area contributed by atoms with Gasteiger partial charge >= 0.3 is 0 Å². The number of aliphatic imine (C=N–C) groups is 1. The molecule has 0 saturated carbocycles. The van der Waals surface area contributed by atoms with Gasteiger partial charge in [-0.25, -0.2) is 0 Å². The van der Waals surface area contributed by atoms with Crippen LogP contribution in [0.4, 0.5) is 0 Å². The maximum absolute atomic E-state index is 4.32. The first-order valence-corrected chi connectivity index (χ1v) is 7.86. The molecule has 0 radical (unpaired) electrons. The summed E-state index contributed by atoms with van der Waals surface area (Å²) >= 11 is 0. The van der Waals surface area contributed by atoms with E-state index in [2.05, 4.69) is 58.8 Å². The van der Waals surface area contributed by atoms with Gasteiger partial charge in [-0.15, -0.1) is 24.0 Å². The zero-order chi connectivity index (χ0) is 15.1. The van der Waals surface area contributed by atoms with Crippen LogP contribution in [0.2, 0.25) is 0 Å². The van der Waals surface area contributed by atoms with Gasteiger partial charge in [0.05, 0.1) is 0 Å². The molecule has 0 aliphatic carbocycles. The van der Waals surface area contributed by atoms with Crippen LogP contribution in [0.5, 0.6) is 0 Å². The van der Waals surface area contributed by atoms with Gasteiger partial charge in [-0.05, 0) is 56.9 Å². The summed E-state index contributed by atoms with van der Waals surface area (Å²) in [6.07, 6.45) is 2.55. The third-order valence-corrected chi connectivity index (χ3v) is 4.33. The standard InChI is InChI=1S/C17H28N4.HI/c1-14-6-4-5-7-16(14)13-20-17(18-2)19-12-15-8-10-21(3)11-9-15;/h4-7,15H,8-13H2,1-3H3,(H2,18,19,20);1H. The van der Waals surface area contributed by atoms with E-state index in [9.17, 15) is 0 Å². The average molecular weight is 416 g/mol. The summed E-state index contributed by atoms with van der Waals surface area (Å²) in [7, 11) is 4.04. The monoisotopic (exact) mass is 416 g/mol. The minimum Gasteiger partial charge on any atom is -0.356 e. The molecule has 4 nitrogen and oxygen atoms in total.